The van der Waals surface area contributed by atoms with E-state index in [1.54, 1.807) is 25.3 Å². The maximum atomic E-state index is 14.7. The lowest BCUT2D eigenvalue weighted by Crippen LogP contribution is -2.04. The minimum Gasteiger partial charge on any atom is -0.497 e. The van der Waals surface area contributed by atoms with E-state index < -0.39 is 5.97 Å². The first kappa shape index (κ1) is 25.8. The fourth-order valence-electron chi connectivity index (χ4n) is 3.69. The molecule has 5 nitrogen and oxygen atoms in total. The van der Waals surface area contributed by atoms with Gasteiger partial charge in [0.2, 0.25) is 0 Å². The normalized spacial score (nSPS) is 11.5. The molecule has 3 aromatic carbocycles. The van der Waals surface area contributed by atoms with E-state index in [1.807, 2.05) is 42.5 Å². The third-order valence-electron chi connectivity index (χ3n) is 5.64. The number of carboxylic acid groups (broad SMARTS) is 1. The molecule has 0 unspecified atom stereocenters. The number of hydrogen-bond donors (Lipinski definition) is 1. The van der Waals surface area contributed by atoms with E-state index in [0.29, 0.717) is 35.0 Å². The van der Waals surface area contributed by atoms with Gasteiger partial charge in [-0.1, -0.05) is 43.7 Å². The summed E-state index contributed by atoms with van der Waals surface area (Å²) in [6.07, 6.45) is 3.46. The molecule has 0 fully saturated rings. The first-order valence-corrected chi connectivity index (χ1v) is 11.6. The molecule has 3 aromatic rings. The highest BCUT2D eigenvalue weighted by Crippen LogP contribution is 2.35. The number of hydrogen-bond acceptors (Lipinski definition) is 4. The summed E-state index contributed by atoms with van der Waals surface area (Å²) < 4.78 is 31.9. The fraction of sp³-hybridized carbons (Fsp3) is 0.276. The lowest BCUT2D eigenvalue weighted by Gasteiger charge is -2.16. The Morgan fingerprint density at radius 2 is 1.89 bits per heavy atom. The number of unbranched alkanes of at least 4 members (excludes halogenated alkanes) is 1. The topological polar surface area (TPSA) is 65.0 Å². The number of halogens is 1. The van der Waals surface area contributed by atoms with Crippen LogP contribution in [0.1, 0.15) is 43.2 Å². The zero-order valence-corrected chi connectivity index (χ0v) is 20.1. The molecule has 0 saturated carbocycles. The van der Waals surface area contributed by atoms with E-state index in [1.165, 1.54) is 6.07 Å². The minimum absolute atomic E-state index is 0.0340. The van der Waals surface area contributed by atoms with Crippen LogP contribution >= 0.6 is 0 Å². The number of rotatable bonds is 13. The minimum atomic E-state index is -0.885. The second-order valence-corrected chi connectivity index (χ2v) is 8.18. The van der Waals surface area contributed by atoms with Gasteiger partial charge in [-0.05, 0) is 53.9 Å². The van der Waals surface area contributed by atoms with Crippen molar-refractivity contribution in [3.05, 3.63) is 90.3 Å². The van der Waals surface area contributed by atoms with Crippen LogP contribution in [0.4, 0.5) is 4.39 Å². The van der Waals surface area contributed by atoms with Crippen molar-refractivity contribution in [3.63, 3.8) is 0 Å². The predicted molar refractivity (Wildman–Crippen MR) is 135 cm³/mol. The van der Waals surface area contributed by atoms with Crippen molar-refractivity contribution in [1.82, 2.24) is 0 Å². The zero-order chi connectivity index (χ0) is 25.2. The van der Waals surface area contributed by atoms with Gasteiger partial charge in [-0.2, -0.15) is 0 Å². The van der Waals surface area contributed by atoms with Crippen LogP contribution in [-0.2, 0) is 11.4 Å². The van der Waals surface area contributed by atoms with E-state index in [0.717, 1.165) is 24.0 Å². The van der Waals surface area contributed by atoms with Gasteiger partial charge in [0.15, 0.2) is 0 Å². The Morgan fingerprint density at radius 1 is 1.06 bits per heavy atom. The molecular weight excluding hydrogens is 447 g/mol. The van der Waals surface area contributed by atoms with Crippen LogP contribution in [0.3, 0.4) is 0 Å². The summed E-state index contributed by atoms with van der Waals surface area (Å²) in [4.78, 5) is 11.1. The number of ether oxygens (including phenoxy) is 3. The Balaban J connectivity index is 1.83. The first-order chi connectivity index (χ1) is 16.9. The van der Waals surface area contributed by atoms with Gasteiger partial charge >= 0.3 is 5.97 Å². The summed E-state index contributed by atoms with van der Waals surface area (Å²) in [5.74, 6) is 0.222. The second-order valence-electron chi connectivity index (χ2n) is 8.18. The van der Waals surface area contributed by atoms with E-state index in [4.69, 9.17) is 19.3 Å². The van der Waals surface area contributed by atoms with Crippen LogP contribution in [0.25, 0.3) is 11.1 Å². The van der Waals surface area contributed by atoms with E-state index in [2.05, 4.69) is 13.5 Å². The van der Waals surface area contributed by atoms with Gasteiger partial charge in [0.1, 0.15) is 29.7 Å². The average Bonchev–Trinajstić information content (AvgIpc) is 2.87. The molecule has 35 heavy (non-hydrogen) atoms. The lowest BCUT2D eigenvalue weighted by molar-refractivity contribution is -0.137. The maximum Gasteiger partial charge on any atom is 0.304 e. The third kappa shape index (κ3) is 7.09. The number of benzene rings is 3. The van der Waals surface area contributed by atoms with E-state index in [9.17, 15) is 9.18 Å². The Labute approximate surface area is 205 Å². The highest BCUT2D eigenvalue weighted by Gasteiger charge is 2.15. The standard InChI is InChI=1S/C29H31FO5/c1-4-6-14-34-28-15-20(10-12-25(28)26-18-23(33-3)11-13-27(26)30)19-35-24-9-7-8-22(16-24)21(5-2)17-29(31)32/h5,7-13,15-16,18,21H,2,4,6,14,17,19H2,1,3H3,(H,31,32)/t21-/m1/s1. The van der Waals surface area contributed by atoms with Gasteiger partial charge in [0, 0.05) is 17.0 Å². The van der Waals surface area contributed by atoms with Crippen LogP contribution in [0, 0.1) is 5.82 Å². The third-order valence-corrected chi connectivity index (χ3v) is 5.64. The molecule has 0 aromatic heterocycles. The summed E-state index contributed by atoms with van der Waals surface area (Å²) in [5.41, 5.74) is 2.74. The van der Waals surface area contributed by atoms with Gasteiger partial charge in [-0.3, -0.25) is 4.79 Å². The quantitative estimate of drug-likeness (QED) is 0.212. The molecule has 0 heterocycles. The van der Waals surface area contributed by atoms with Crippen molar-refractivity contribution in [3.8, 4) is 28.4 Å². The molecule has 0 aliphatic rings. The molecule has 1 N–H and O–H groups in total. The van der Waals surface area contributed by atoms with E-state index in [-0.39, 0.29) is 24.8 Å². The Hall–Kier alpha value is -3.80. The summed E-state index contributed by atoms with van der Waals surface area (Å²) >= 11 is 0. The number of carboxylic acids is 1. The van der Waals surface area contributed by atoms with Crippen molar-refractivity contribution < 1.29 is 28.5 Å². The molecule has 1 atom stereocenters. The molecule has 6 heteroatoms. The van der Waals surface area contributed by atoms with Crippen molar-refractivity contribution >= 4 is 5.97 Å². The largest absolute Gasteiger partial charge is 0.497 e. The zero-order valence-electron chi connectivity index (χ0n) is 20.1. The summed E-state index contributed by atoms with van der Waals surface area (Å²) in [7, 11) is 1.55. The highest BCUT2D eigenvalue weighted by atomic mass is 19.1. The predicted octanol–water partition coefficient (Wildman–Crippen LogP) is 7.00. The molecule has 3 rings (SSSR count). The molecule has 0 saturated heterocycles. The van der Waals surface area contributed by atoms with Gasteiger partial charge in [0.25, 0.3) is 0 Å². The number of aliphatic carboxylic acids is 1. The molecule has 0 radical (unpaired) electrons. The summed E-state index contributed by atoms with van der Waals surface area (Å²) in [6.45, 7) is 6.62. The number of allylic oxidation sites excluding steroid dienone is 1. The van der Waals surface area contributed by atoms with Crippen LogP contribution in [0.2, 0.25) is 0 Å². The van der Waals surface area contributed by atoms with E-state index >= 15 is 0 Å². The van der Waals surface area contributed by atoms with Crippen LogP contribution in [-0.4, -0.2) is 24.8 Å². The van der Waals surface area contributed by atoms with Gasteiger partial charge in [-0.15, -0.1) is 6.58 Å². The molecule has 184 valence electrons. The Bertz CT molecular complexity index is 1160. The molecular formula is C29H31FO5. The molecule has 0 aliphatic carbocycles. The first-order valence-electron chi connectivity index (χ1n) is 11.6. The van der Waals surface area contributed by atoms with Crippen LogP contribution in [0.15, 0.2) is 73.3 Å². The SMILES string of the molecule is C=C[C@H](CC(=O)O)c1cccc(OCc2ccc(-c3cc(OC)ccc3F)c(OCCCC)c2)c1. The van der Waals surface area contributed by atoms with Crippen molar-refractivity contribution in [2.24, 2.45) is 0 Å². The molecule has 0 spiro atoms. The number of carbonyl (C=O) groups is 1. The maximum absolute atomic E-state index is 14.7. The van der Waals surface area contributed by atoms with Gasteiger partial charge in [0.05, 0.1) is 20.1 Å². The van der Waals surface area contributed by atoms with Crippen molar-refractivity contribution in [1.29, 1.82) is 0 Å². The smallest absolute Gasteiger partial charge is 0.304 e. The number of methoxy groups -OCH3 is 1. The van der Waals surface area contributed by atoms with Crippen molar-refractivity contribution in [2.75, 3.05) is 13.7 Å². The molecule has 0 bridgehead atoms. The van der Waals surface area contributed by atoms with Crippen molar-refractivity contribution in [2.45, 2.75) is 38.7 Å². The van der Waals surface area contributed by atoms with Crippen LogP contribution in [0.5, 0.6) is 17.2 Å². The van der Waals surface area contributed by atoms with Gasteiger partial charge in [-0.25, -0.2) is 4.39 Å². The monoisotopic (exact) mass is 478 g/mol. The average molecular weight is 479 g/mol. The fourth-order valence-corrected chi connectivity index (χ4v) is 3.69. The molecule has 0 aliphatic heterocycles. The highest BCUT2D eigenvalue weighted by molar-refractivity contribution is 5.72. The Morgan fingerprint density at radius 3 is 2.60 bits per heavy atom. The van der Waals surface area contributed by atoms with Gasteiger partial charge < -0.3 is 19.3 Å². The lowest BCUT2D eigenvalue weighted by atomic mass is 9.96. The van der Waals surface area contributed by atoms with Crippen LogP contribution < -0.4 is 14.2 Å². The molecule has 0 amide bonds. The summed E-state index contributed by atoms with van der Waals surface area (Å²) in [5, 5.41) is 9.13. The second kappa shape index (κ2) is 12.6. The summed E-state index contributed by atoms with van der Waals surface area (Å²) in [6, 6.07) is 17.5. The Kier molecular flexibility index (Phi) is 9.30.